The van der Waals surface area contributed by atoms with Crippen LogP contribution in [-0.2, 0) is 10.0 Å². The second-order valence-electron chi connectivity index (χ2n) is 2.96. The summed E-state index contributed by atoms with van der Waals surface area (Å²) in [5.41, 5.74) is -0.255. The van der Waals surface area contributed by atoms with Crippen molar-refractivity contribution in [3.8, 4) is 0 Å². The first-order valence-corrected chi connectivity index (χ1v) is 7.36. The van der Waals surface area contributed by atoms with E-state index in [1.165, 1.54) is 0 Å². The van der Waals surface area contributed by atoms with E-state index in [0.29, 0.717) is 5.33 Å². The van der Waals surface area contributed by atoms with E-state index in [-0.39, 0.29) is 22.2 Å². The van der Waals surface area contributed by atoms with Gasteiger partial charge >= 0.3 is 0 Å². The van der Waals surface area contributed by atoms with Gasteiger partial charge in [-0.05, 0) is 6.07 Å². The smallest absolute Gasteiger partial charge is 0.258 e. The zero-order chi connectivity index (χ0) is 13.1. The maximum Gasteiger partial charge on any atom is 0.271 e. The third-order valence-corrected chi connectivity index (χ3v) is 4.14. The van der Waals surface area contributed by atoms with E-state index >= 15 is 0 Å². The lowest BCUT2D eigenvalue weighted by Crippen LogP contribution is -2.25. The van der Waals surface area contributed by atoms with E-state index in [4.69, 9.17) is 11.6 Å². The highest BCUT2D eigenvalue weighted by Crippen LogP contribution is 2.25. The lowest BCUT2D eigenvalue weighted by molar-refractivity contribution is -0.384. The van der Waals surface area contributed by atoms with Crippen LogP contribution in [-0.4, -0.2) is 25.2 Å². The summed E-state index contributed by atoms with van der Waals surface area (Å²) in [5.74, 6) is 0. The summed E-state index contributed by atoms with van der Waals surface area (Å²) in [6.45, 7) is 0.204. The van der Waals surface area contributed by atoms with Gasteiger partial charge in [0.15, 0.2) is 0 Å². The van der Waals surface area contributed by atoms with Crippen molar-refractivity contribution >= 4 is 43.2 Å². The number of nitro benzene ring substituents is 1. The zero-order valence-electron chi connectivity index (χ0n) is 8.39. The summed E-state index contributed by atoms with van der Waals surface area (Å²) in [7, 11) is -3.73. The minimum Gasteiger partial charge on any atom is -0.258 e. The molecule has 0 fully saturated rings. The van der Waals surface area contributed by atoms with Crippen molar-refractivity contribution in [1.82, 2.24) is 4.72 Å². The maximum atomic E-state index is 11.7. The van der Waals surface area contributed by atoms with Gasteiger partial charge in [0.1, 0.15) is 4.90 Å². The molecule has 0 radical (unpaired) electrons. The Morgan fingerprint density at radius 2 is 2.12 bits per heavy atom. The van der Waals surface area contributed by atoms with Crippen LogP contribution in [0.15, 0.2) is 23.1 Å². The average molecular weight is 344 g/mol. The highest BCUT2D eigenvalue weighted by molar-refractivity contribution is 9.09. The first-order valence-electron chi connectivity index (χ1n) is 4.38. The van der Waals surface area contributed by atoms with E-state index in [9.17, 15) is 18.5 Å². The molecule has 0 amide bonds. The molecule has 0 aromatic heterocycles. The van der Waals surface area contributed by atoms with Gasteiger partial charge in [0.2, 0.25) is 10.0 Å². The Bertz CT molecular complexity index is 534. The summed E-state index contributed by atoms with van der Waals surface area (Å²) in [5, 5.41) is 10.7. The van der Waals surface area contributed by atoms with Crippen molar-refractivity contribution in [2.75, 3.05) is 11.9 Å². The molecular weight excluding hydrogens is 336 g/mol. The summed E-state index contributed by atoms with van der Waals surface area (Å²) < 4.78 is 25.7. The molecule has 0 aliphatic heterocycles. The molecule has 0 spiro atoms. The molecule has 1 N–H and O–H groups in total. The molecule has 0 aliphatic carbocycles. The van der Waals surface area contributed by atoms with Crippen molar-refractivity contribution in [2.45, 2.75) is 4.90 Å². The van der Waals surface area contributed by atoms with Crippen LogP contribution in [0.4, 0.5) is 5.69 Å². The van der Waals surface area contributed by atoms with Gasteiger partial charge < -0.3 is 0 Å². The Labute approximate surface area is 111 Å². The molecule has 0 saturated heterocycles. The number of benzene rings is 1. The van der Waals surface area contributed by atoms with Gasteiger partial charge in [-0.2, -0.15) is 0 Å². The molecule has 0 bridgehead atoms. The largest absolute Gasteiger partial charge is 0.271 e. The standard InChI is InChI=1S/C8H8BrClN2O4S/c9-3-4-11-17(15,16)8-2-1-6(12(13)14)5-7(8)10/h1-2,5,11H,3-4H2. The zero-order valence-corrected chi connectivity index (χ0v) is 11.5. The Hall–Kier alpha value is -0.700. The van der Waals surface area contributed by atoms with Crippen molar-refractivity contribution < 1.29 is 13.3 Å². The molecule has 0 unspecified atom stereocenters. The molecular formula is C8H8BrClN2O4S. The van der Waals surface area contributed by atoms with Crippen LogP contribution in [0.5, 0.6) is 0 Å². The molecule has 0 heterocycles. The van der Waals surface area contributed by atoms with Gasteiger partial charge in [-0.1, -0.05) is 27.5 Å². The molecule has 9 heteroatoms. The second-order valence-corrected chi connectivity index (χ2v) is 5.89. The van der Waals surface area contributed by atoms with E-state index in [0.717, 1.165) is 18.2 Å². The highest BCUT2D eigenvalue weighted by Gasteiger charge is 2.19. The Kier molecular flexibility index (Phi) is 4.87. The molecule has 0 aliphatic rings. The van der Waals surface area contributed by atoms with E-state index in [2.05, 4.69) is 20.7 Å². The van der Waals surface area contributed by atoms with Crippen LogP contribution < -0.4 is 4.72 Å². The molecule has 6 nitrogen and oxygen atoms in total. The van der Waals surface area contributed by atoms with Crippen LogP contribution in [0.25, 0.3) is 0 Å². The van der Waals surface area contributed by atoms with Gasteiger partial charge in [-0.15, -0.1) is 0 Å². The van der Waals surface area contributed by atoms with Gasteiger partial charge in [0.25, 0.3) is 5.69 Å². The quantitative estimate of drug-likeness (QED) is 0.502. The highest BCUT2D eigenvalue weighted by atomic mass is 79.9. The average Bonchev–Trinajstić information content (AvgIpc) is 2.25. The number of rotatable bonds is 5. The van der Waals surface area contributed by atoms with Crippen LogP contribution >= 0.6 is 27.5 Å². The molecule has 17 heavy (non-hydrogen) atoms. The van der Waals surface area contributed by atoms with E-state index in [1.54, 1.807) is 0 Å². The first-order chi connectivity index (χ1) is 7.88. The van der Waals surface area contributed by atoms with Crippen molar-refractivity contribution in [2.24, 2.45) is 0 Å². The number of hydrogen-bond donors (Lipinski definition) is 1. The third kappa shape index (κ3) is 3.63. The number of hydrogen-bond acceptors (Lipinski definition) is 4. The fourth-order valence-electron chi connectivity index (χ4n) is 1.07. The fourth-order valence-corrected chi connectivity index (χ4v) is 3.10. The molecule has 1 aromatic carbocycles. The SMILES string of the molecule is O=[N+]([O-])c1ccc(S(=O)(=O)NCCBr)c(Cl)c1. The van der Waals surface area contributed by atoms with Gasteiger partial charge in [-0.25, -0.2) is 13.1 Å². The Morgan fingerprint density at radius 3 is 2.59 bits per heavy atom. The second kappa shape index (κ2) is 5.76. The van der Waals surface area contributed by atoms with Crippen molar-refractivity contribution in [3.05, 3.63) is 33.3 Å². The van der Waals surface area contributed by atoms with Crippen LogP contribution in [0.2, 0.25) is 5.02 Å². The lowest BCUT2D eigenvalue weighted by atomic mass is 10.3. The van der Waals surface area contributed by atoms with Crippen molar-refractivity contribution in [1.29, 1.82) is 0 Å². The van der Waals surface area contributed by atoms with Crippen LogP contribution in [0, 0.1) is 10.1 Å². The number of alkyl halides is 1. The number of nitro groups is 1. The molecule has 1 rings (SSSR count). The first kappa shape index (κ1) is 14.4. The summed E-state index contributed by atoms with van der Waals surface area (Å²) in [6.07, 6.45) is 0. The summed E-state index contributed by atoms with van der Waals surface area (Å²) >= 11 is 8.78. The predicted octanol–water partition coefficient (Wildman–Crippen LogP) is 1.92. The normalized spacial score (nSPS) is 11.4. The topological polar surface area (TPSA) is 89.3 Å². The van der Waals surface area contributed by atoms with Crippen LogP contribution in [0.3, 0.4) is 0 Å². The molecule has 1 aromatic rings. The Balaban J connectivity index is 3.12. The van der Waals surface area contributed by atoms with Gasteiger partial charge in [-0.3, -0.25) is 10.1 Å². The molecule has 0 saturated carbocycles. The molecule has 0 atom stereocenters. The number of non-ortho nitro benzene ring substituents is 1. The minimum atomic E-state index is -3.73. The number of nitrogens with one attached hydrogen (secondary N) is 1. The number of halogens is 2. The summed E-state index contributed by atoms with van der Waals surface area (Å²) in [6, 6.07) is 3.20. The van der Waals surface area contributed by atoms with Gasteiger partial charge in [0.05, 0.1) is 9.95 Å². The predicted molar refractivity (Wildman–Crippen MR) is 67.1 cm³/mol. The number of sulfonamides is 1. The van der Waals surface area contributed by atoms with Crippen molar-refractivity contribution in [3.63, 3.8) is 0 Å². The van der Waals surface area contributed by atoms with Crippen LogP contribution in [0.1, 0.15) is 0 Å². The third-order valence-electron chi connectivity index (χ3n) is 1.80. The summed E-state index contributed by atoms with van der Waals surface area (Å²) in [4.78, 5) is 9.64. The van der Waals surface area contributed by atoms with E-state index < -0.39 is 14.9 Å². The monoisotopic (exact) mass is 342 g/mol. The van der Waals surface area contributed by atoms with Gasteiger partial charge in [0, 0.05) is 24.0 Å². The fraction of sp³-hybridized carbons (Fsp3) is 0.250. The maximum absolute atomic E-state index is 11.7. The number of nitrogens with zero attached hydrogens (tertiary/aromatic N) is 1. The lowest BCUT2D eigenvalue weighted by Gasteiger charge is -2.06. The van der Waals surface area contributed by atoms with E-state index in [1.807, 2.05) is 0 Å². The Morgan fingerprint density at radius 1 is 1.47 bits per heavy atom. The minimum absolute atomic E-state index is 0.175. The molecule has 94 valence electrons.